The largest absolute Gasteiger partial charge is 0.475 e. The molecule has 1 aromatic rings. The monoisotopic (exact) mass is 230 g/mol. The number of carboxylic acids is 1. The van der Waals surface area contributed by atoms with Crippen molar-refractivity contribution in [3.05, 3.63) is 23.7 Å². The first-order valence-corrected chi connectivity index (χ1v) is 4.33. The third-order valence-electron chi connectivity index (χ3n) is 1.64. The first-order valence-electron chi connectivity index (χ1n) is 4.33. The van der Waals surface area contributed by atoms with Crippen molar-refractivity contribution in [3.63, 3.8) is 0 Å². The number of carboxylic acid groups (broad SMARTS) is 1. The highest BCUT2D eigenvalue weighted by atomic mass is 16.6. The van der Waals surface area contributed by atoms with Crippen molar-refractivity contribution >= 4 is 11.9 Å². The summed E-state index contributed by atoms with van der Waals surface area (Å²) in [5.41, 5.74) is 0. The molecule has 0 amide bonds. The van der Waals surface area contributed by atoms with Crippen molar-refractivity contribution in [3.8, 4) is 0 Å². The van der Waals surface area contributed by atoms with Crippen LogP contribution in [0.1, 0.15) is 21.1 Å². The molecule has 7 heteroatoms. The van der Waals surface area contributed by atoms with Crippen LogP contribution in [0, 0.1) is 0 Å². The minimum Gasteiger partial charge on any atom is -0.475 e. The molecule has 0 aliphatic carbocycles. The molecule has 1 atom stereocenters. The molecule has 1 rings (SSSR count). The van der Waals surface area contributed by atoms with E-state index in [0.29, 0.717) is 0 Å². The van der Waals surface area contributed by atoms with Gasteiger partial charge in [-0.25, -0.2) is 9.59 Å². The Morgan fingerprint density at radius 3 is 2.50 bits per heavy atom. The van der Waals surface area contributed by atoms with Crippen LogP contribution in [0.25, 0.3) is 0 Å². The summed E-state index contributed by atoms with van der Waals surface area (Å²) in [6.45, 7) is -0.926. The molecule has 7 nitrogen and oxygen atoms in total. The quantitative estimate of drug-likeness (QED) is 0.583. The first kappa shape index (κ1) is 12.2. The number of aromatic carboxylic acids is 1. The third-order valence-corrected chi connectivity index (χ3v) is 1.64. The van der Waals surface area contributed by atoms with Gasteiger partial charge in [0.15, 0.2) is 0 Å². The Labute approximate surface area is 89.9 Å². The van der Waals surface area contributed by atoms with E-state index in [1.54, 1.807) is 0 Å². The van der Waals surface area contributed by atoms with Crippen LogP contribution in [0.15, 0.2) is 16.5 Å². The Bertz CT molecular complexity index is 381. The predicted molar refractivity (Wildman–Crippen MR) is 49.0 cm³/mol. The first-order chi connectivity index (χ1) is 7.54. The number of carbonyl (C=O) groups excluding carboxylic acids is 1. The van der Waals surface area contributed by atoms with Gasteiger partial charge >= 0.3 is 11.9 Å². The summed E-state index contributed by atoms with van der Waals surface area (Å²) in [6.07, 6.45) is -1.17. The average molecular weight is 230 g/mol. The molecule has 0 saturated heterocycles. The van der Waals surface area contributed by atoms with Gasteiger partial charge in [-0.1, -0.05) is 0 Å². The Morgan fingerprint density at radius 1 is 1.38 bits per heavy atom. The molecule has 0 fully saturated rings. The molecule has 3 N–H and O–H groups in total. The Hall–Kier alpha value is -1.86. The molecule has 0 radical (unpaired) electrons. The molecule has 1 aromatic heterocycles. The van der Waals surface area contributed by atoms with E-state index in [2.05, 4.69) is 9.15 Å². The number of hydrogen-bond donors (Lipinski definition) is 3. The van der Waals surface area contributed by atoms with E-state index >= 15 is 0 Å². The number of aliphatic hydroxyl groups excluding tert-OH is 2. The van der Waals surface area contributed by atoms with Gasteiger partial charge in [-0.3, -0.25) is 0 Å². The molecule has 0 aliphatic rings. The van der Waals surface area contributed by atoms with Gasteiger partial charge < -0.3 is 24.5 Å². The van der Waals surface area contributed by atoms with E-state index in [1.165, 1.54) is 0 Å². The third kappa shape index (κ3) is 3.07. The van der Waals surface area contributed by atoms with Crippen LogP contribution in [0.2, 0.25) is 0 Å². The number of hydrogen-bond acceptors (Lipinski definition) is 6. The summed E-state index contributed by atoms with van der Waals surface area (Å²) in [5.74, 6) is -2.85. The van der Waals surface area contributed by atoms with Crippen molar-refractivity contribution < 1.29 is 34.1 Å². The summed E-state index contributed by atoms with van der Waals surface area (Å²) in [4.78, 5) is 21.6. The van der Waals surface area contributed by atoms with Crippen molar-refractivity contribution in [1.29, 1.82) is 0 Å². The van der Waals surface area contributed by atoms with Crippen LogP contribution in [0.4, 0.5) is 0 Å². The van der Waals surface area contributed by atoms with E-state index in [1.807, 2.05) is 0 Å². The van der Waals surface area contributed by atoms with E-state index in [-0.39, 0.29) is 11.5 Å². The highest BCUT2D eigenvalue weighted by Crippen LogP contribution is 2.09. The lowest BCUT2D eigenvalue weighted by atomic mass is 10.4. The lowest BCUT2D eigenvalue weighted by Gasteiger charge is -2.06. The molecule has 1 unspecified atom stereocenters. The maximum absolute atomic E-state index is 11.2. The minimum absolute atomic E-state index is 0.275. The highest BCUT2D eigenvalue weighted by Gasteiger charge is 2.17. The van der Waals surface area contributed by atoms with E-state index in [0.717, 1.165) is 12.1 Å². The molecule has 0 bridgehead atoms. The normalized spacial score (nSPS) is 12.1. The summed E-state index contributed by atoms with van der Waals surface area (Å²) in [7, 11) is 0. The van der Waals surface area contributed by atoms with Gasteiger partial charge in [-0.2, -0.15) is 0 Å². The number of carbonyl (C=O) groups is 2. The van der Waals surface area contributed by atoms with Crippen LogP contribution in [-0.2, 0) is 4.74 Å². The molecule has 0 aromatic carbocycles. The lowest BCUT2D eigenvalue weighted by molar-refractivity contribution is 0.00694. The summed E-state index contributed by atoms with van der Waals surface area (Å²) >= 11 is 0. The average Bonchev–Trinajstić information content (AvgIpc) is 2.74. The van der Waals surface area contributed by atoms with Gasteiger partial charge in [0.2, 0.25) is 11.5 Å². The van der Waals surface area contributed by atoms with Gasteiger partial charge in [0.05, 0.1) is 6.61 Å². The van der Waals surface area contributed by atoms with Gasteiger partial charge in [-0.15, -0.1) is 0 Å². The van der Waals surface area contributed by atoms with Crippen LogP contribution in [0.5, 0.6) is 0 Å². The molecular weight excluding hydrogens is 220 g/mol. The maximum Gasteiger partial charge on any atom is 0.374 e. The zero-order chi connectivity index (χ0) is 12.1. The molecule has 88 valence electrons. The SMILES string of the molecule is O=C(O)c1ccc(C(=O)OCC(O)CO)o1. The molecule has 0 aliphatic heterocycles. The van der Waals surface area contributed by atoms with Gasteiger partial charge in [0.1, 0.15) is 12.7 Å². The topological polar surface area (TPSA) is 117 Å². The van der Waals surface area contributed by atoms with Gasteiger partial charge in [0, 0.05) is 0 Å². The second kappa shape index (κ2) is 5.29. The van der Waals surface area contributed by atoms with Gasteiger partial charge in [0.25, 0.3) is 0 Å². The van der Waals surface area contributed by atoms with E-state index < -0.39 is 31.3 Å². The molecule has 0 saturated carbocycles. The zero-order valence-corrected chi connectivity index (χ0v) is 8.12. The fourth-order valence-electron chi connectivity index (χ4n) is 0.858. The van der Waals surface area contributed by atoms with Crippen molar-refractivity contribution in [2.45, 2.75) is 6.10 Å². The number of ether oxygens (including phenoxy) is 1. The smallest absolute Gasteiger partial charge is 0.374 e. The molecule has 0 spiro atoms. The highest BCUT2D eigenvalue weighted by molar-refractivity contribution is 5.90. The number of aliphatic hydroxyl groups is 2. The lowest BCUT2D eigenvalue weighted by Crippen LogP contribution is -2.21. The van der Waals surface area contributed by atoms with E-state index in [4.69, 9.17) is 15.3 Å². The van der Waals surface area contributed by atoms with Crippen LogP contribution in [-0.4, -0.2) is 46.6 Å². The second-order valence-corrected chi connectivity index (χ2v) is 2.90. The fraction of sp³-hybridized carbons (Fsp3) is 0.333. The van der Waals surface area contributed by atoms with Crippen LogP contribution in [0.3, 0.4) is 0 Å². The summed E-state index contributed by atoms with van der Waals surface area (Å²) in [6, 6.07) is 2.26. The van der Waals surface area contributed by atoms with Crippen LogP contribution >= 0.6 is 0 Å². The van der Waals surface area contributed by atoms with Crippen molar-refractivity contribution in [2.24, 2.45) is 0 Å². The fourth-order valence-corrected chi connectivity index (χ4v) is 0.858. The van der Waals surface area contributed by atoms with Crippen molar-refractivity contribution in [2.75, 3.05) is 13.2 Å². The number of rotatable bonds is 5. The summed E-state index contributed by atoms with van der Waals surface area (Å²) < 4.78 is 9.19. The van der Waals surface area contributed by atoms with Crippen LogP contribution < -0.4 is 0 Å². The maximum atomic E-state index is 11.2. The Balaban J connectivity index is 2.56. The zero-order valence-electron chi connectivity index (χ0n) is 8.12. The second-order valence-electron chi connectivity index (χ2n) is 2.90. The van der Waals surface area contributed by atoms with E-state index in [9.17, 15) is 9.59 Å². The molecule has 1 heterocycles. The summed E-state index contributed by atoms with van der Waals surface area (Å²) in [5, 5.41) is 25.9. The molecular formula is C9H10O7. The minimum atomic E-state index is -1.30. The Morgan fingerprint density at radius 2 is 2.00 bits per heavy atom. The standard InChI is InChI=1S/C9H10O7/c10-3-5(11)4-15-9(14)7-2-1-6(16-7)8(12)13/h1-2,5,10-11H,3-4H2,(H,12,13). The number of esters is 1. The Kier molecular flexibility index (Phi) is 4.03. The van der Waals surface area contributed by atoms with Gasteiger partial charge in [-0.05, 0) is 12.1 Å². The molecule has 16 heavy (non-hydrogen) atoms. The number of furan rings is 1. The van der Waals surface area contributed by atoms with Crippen molar-refractivity contribution in [1.82, 2.24) is 0 Å². The predicted octanol–water partition coefficient (Wildman–Crippen LogP) is -0.512.